The Kier molecular flexibility index (Phi) is 10.5. The lowest BCUT2D eigenvalue weighted by Gasteiger charge is -2.40. The number of aromatic nitrogens is 1. The summed E-state index contributed by atoms with van der Waals surface area (Å²) in [5, 5.41) is 6.19. The van der Waals surface area contributed by atoms with Crippen molar-refractivity contribution < 1.29 is 32.2 Å². The van der Waals surface area contributed by atoms with Crippen LogP contribution in [0, 0.1) is 11.8 Å². The number of methoxy groups -OCH3 is 1. The van der Waals surface area contributed by atoms with Crippen molar-refractivity contribution in [3.63, 3.8) is 0 Å². The number of hydrogen-bond donors (Lipinski definition) is 2. The predicted octanol–water partition coefficient (Wildman–Crippen LogP) is 2.48. The van der Waals surface area contributed by atoms with Gasteiger partial charge in [-0.2, -0.15) is 13.2 Å². The third-order valence-electron chi connectivity index (χ3n) is 6.50. The fraction of sp³-hybridized carbons (Fsp3) is 0.720. The average Bonchev–Trinajstić information content (AvgIpc) is 2.89. The predicted molar refractivity (Wildman–Crippen MR) is 132 cm³/mol. The van der Waals surface area contributed by atoms with E-state index in [4.69, 9.17) is 9.47 Å². The smallest absolute Gasteiger partial charge is 0.385 e. The summed E-state index contributed by atoms with van der Waals surface area (Å²) in [6.07, 6.45) is -3.62. The molecule has 2 N–H and O–H groups in total. The number of rotatable bonds is 10. The molecular formula is C25H38F3N5O4. The number of amides is 2. The highest BCUT2D eigenvalue weighted by molar-refractivity contribution is 5.99. The highest BCUT2D eigenvalue weighted by Crippen LogP contribution is 2.31. The number of hydrogen-bond acceptors (Lipinski definition) is 7. The molecule has 2 saturated heterocycles. The highest BCUT2D eigenvalue weighted by Gasteiger charge is 2.37. The number of pyridine rings is 1. The van der Waals surface area contributed by atoms with Gasteiger partial charge in [0.25, 0.3) is 5.91 Å². The van der Waals surface area contributed by atoms with E-state index < -0.39 is 17.8 Å². The Labute approximate surface area is 216 Å². The van der Waals surface area contributed by atoms with Crippen LogP contribution in [0.15, 0.2) is 12.1 Å². The zero-order valence-corrected chi connectivity index (χ0v) is 21.8. The average molecular weight is 530 g/mol. The second-order valence-electron chi connectivity index (χ2n) is 9.90. The lowest BCUT2D eigenvalue weighted by molar-refractivity contribution is -0.141. The minimum atomic E-state index is -4.64. The number of carbonyl (C=O) groups is 2. The number of anilines is 1. The quantitative estimate of drug-likeness (QED) is 0.450. The number of nitrogens with one attached hydrogen (secondary N) is 2. The maximum atomic E-state index is 13.8. The van der Waals surface area contributed by atoms with Gasteiger partial charge in [0, 0.05) is 59.0 Å². The van der Waals surface area contributed by atoms with Gasteiger partial charge >= 0.3 is 6.18 Å². The summed E-state index contributed by atoms with van der Waals surface area (Å²) in [6, 6.07) is 1.74. The molecule has 2 amide bonds. The minimum absolute atomic E-state index is 0.0362. The molecule has 0 aromatic carbocycles. The number of carbonyl (C=O) groups excluding carboxylic acids is 2. The van der Waals surface area contributed by atoms with Gasteiger partial charge in [-0.3, -0.25) is 9.59 Å². The number of piperidine rings is 1. The first-order valence-electron chi connectivity index (χ1n) is 12.8. The molecule has 12 heteroatoms. The van der Waals surface area contributed by atoms with Crippen LogP contribution >= 0.6 is 0 Å². The first-order valence-corrected chi connectivity index (χ1v) is 12.8. The van der Waals surface area contributed by atoms with Gasteiger partial charge < -0.3 is 29.9 Å². The largest absolute Gasteiger partial charge is 0.433 e. The van der Waals surface area contributed by atoms with Crippen molar-refractivity contribution in [2.45, 2.75) is 38.9 Å². The fourth-order valence-electron chi connectivity index (χ4n) is 4.68. The molecule has 2 fully saturated rings. The van der Waals surface area contributed by atoms with Crippen LogP contribution in [-0.2, 0) is 20.4 Å². The molecule has 2 atom stereocenters. The Morgan fingerprint density at radius 1 is 1.27 bits per heavy atom. The van der Waals surface area contributed by atoms with E-state index in [1.54, 1.807) is 9.80 Å². The van der Waals surface area contributed by atoms with E-state index in [1.165, 1.54) is 13.2 Å². The van der Waals surface area contributed by atoms with E-state index in [0.29, 0.717) is 71.9 Å². The van der Waals surface area contributed by atoms with E-state index in [-0.39, 0.29) is 35.2 Å². The van der Waals surface area contributed by atoms with Gasteiger partial charge in [-0.1, -0.05) is 13.8 Å². The zero-order chi connectivity index (χ0) is 27.0. The normalized spacial score (nSPS) is 20.7. The third kappa shape index (κ3) is 8.02. The Hall–Kier alpha value is -2.44. The van der Waals surface area contributed by atoms with Crippen LogP contribution in [0.2, 0.25) is 0 Å². The molecule has 0 spiro atoms. The summed E-state index contributed by atoms with van der Waals surface area (Å²) in [6.45, 7) is 8.18. The summed E-state index contributed by atoms with van der Waals surface area (Å²) >= 11 is 0. The molecule has 0 bridgehead atoms. The van der Waals surface area contributed by atoms with Gasteiger partial charge in [-0.15, -0.1) is 0 Å². The lowest BCUT2D eigenvalue weighted by Crippen LogP contribution is -2.56. The molecule has 0 saturated carbocycles. The van der Waals surface area contributed by atoms with Gasteiger partial charge in [0.2, 0.25) is 5.91 Å². The summed E-state index contributed by atoms with van der Waals surface area (Å²) < 4.78 is 50.5. The van der Waals surface area contributed by atoms with Crippen LogP contribution in [-0.4, -0.2) is 98.8 Å². The van der Waals surface area contributed by atoms with Crippen LogP contribution in [0.1, 0.15) is 42.7 Å². The first kappa shape index (κ1) is 29.1. The van der Waals surface area contributed by atoms with Crippen molar-refractivity contribution in [1.29, 1.82) is 0 Å². The van der Waals surface area contributed by atoms with Crippen molar-refractivity contribution in [3.8, 4) is 0 Å². The Morgan fingerprint density at radius 3 is 2.65 bits per heavy atom. The molecule has 1 aromatic heterocycles. The summed E-state index contributed by atoms with van der Waals surface area (Å²) in [7, 11) is 1.54. The second kappa shape index (κ2) is 13.4. The molecule has 1 aromatic rings. The molecule has 3 heterocycles. The Balaban J connectivity index is 1.84. The molecule has 0 unspecified atom stereocenters. The van der Waals surface area contributed by atoms with Gasteiger partial charge in [0.1, 0.15) is 11.5 Å². The van der Waals surface area contributed by atoms with Crippen molar-refractivity contribution in [2.24, 2.45) is 11.8 Å². The number of nitrogens with zero attached hydrogens (tertiary/aromatic N) is 3. The van der Waals surface area contributed by atoms with E-state index in [0.717, 1.165) is 6.07 Å². The Bertz CT molecular complexity index is 909. The monoisotopic (exact) mass is 529 g/mol. The molecule has 3 rings (SSSR count). The summed E-state index contributed by atoms with van der Waals surface area (Å²) in [5.74, 6) is -0.657. The van der Waals surface area contributed by atoms with E-state index >= 15 is 0 Å². The molecule has 0 radical (unpaired) electrons. The van der Waals surface area contributed by atoms with E-state index in [1.807, 2.05) is 13.8 Å². The molecule has 2 aliphatic heterocycles. The molecule has 2 aliphatic rings. The standard InChI is InChI=1S/C25H38F3N5O4/c1-17(2)16-33(19-13-18(14-29-15-19)23(34)32-8-11-37-12-9-32)24(35)20-5-6-21(25(26,27)28)31-22(20)30-7-4-10-36-3/h5-6,17-19,29H,4,7-16H2,1-3H3,(H,30,31)/t18-,19+/m1/s1. The van der Waals surface area contributed by atoms with Crippen LogP contribution < -0.4 is 10.6 Å². The van der Waals surface area contributed by atoms with Gasteiger partial charge in [0.15, 0.2) is 0 Å². The molecule has 0 aliphatic carbocycles. The van der Waals surface area contributed by atoms with E-state index in [2.05, 4.69) is 15.6 Å². The number of halogens is 3. The lowest BCUT2D eigenvalue weighted by atomic mass is 9.92. The summed E-state index contributed by atoms with van der Waals surface area (Å²) in [4.78, 5) is 34.2. The van der Waals surface area contributed by atoms with Crippen LogP contribution in [0.4, 0.5) is 19.0 Å². The topological polar surface area (TPSA) is 96.0 Å². The van der Waals surface area contributed by atoms with Crippen molar-refractivity contribution in [1.82, 2.24) is 20.1 Å². The third-order valence-corrected chi connectivity index (χ3v) is 6.50. The van der Waals surface area contributed by atoms with Crippen LogP contribution in [0.25, 0.3) is 0 Å². The minimum Gasteiger partial charge on any atom is -0.385 e. The van der Waals surface area contributed by atoms with Gasteiger partial charge in [-0.25, -0.2) is 4.98 Å². The number of ether oxygens (including phenoxy) is 2. The Morgan fingerprint density at radius 2 is 2.00 bits per heavy atom. The van der Waals surface area contributed by atoms with Gasteiger partial charge in [-0.05, 0) is 30.9 Å². The summed E-state index contributed by atoms with van der Waals surface area (Å²) in [5.41, 5.74) is -0.989. The van der Waals surface area contributed by atoms with Crippen LogP contribution in [0.3, 0.4) is 0 Å². The van der Waals surface area contributed by atoms with E-state index in [9.17, 15) is 22.8 Å². The molecular weight excluding hydrogens is 491 g/mol. The van der Waals surface area contributed by atoms with Crippen molar-refractivity contribution in [2.75, 3.05) is 71.5 Å². The molecule has 208 valence electrons. The van der Waals surface area contributed by atoms with Crippen molar-refractivity contribution >= 4 is 17.6 Å². The van der Waals surface area contributed by atoms with Gasteiger partial charge in [0.05, 0.1) is 24.7 Å². The molecule has 9 nitrogen and oxygen atoms in total. The number of alkyl halides is 3. The fourth-order valence-corrected chi connectivity index (χ4v) is 4.68. The van der Waals surface area contributed by atoms with Crippen molar-refractivity contribution in [3.05, 3.63) is 23.4 Å². The van der Waals surface area contributed by atoms with Crippen LogP contribution in [0.5, 0.6) is 0 Å². The SMILES string of the molecule is COCCCNc1nc(C(F)(F)F)ccc1C(=O)N(CC(C)C)[C@@H]1CNC[C@H](C(=O)N2CCOCC2)C1. The first-order chi connectivity index (χ1) is 17.6. The second-order valence-corrected chi connectivity index (χ2v) is 9.90. The maximum Gasteiger partial charge on any atom is 0.433 e. The molecule has 37 heavy (non-hydrogen) atoms. The highest BCUT2D eigenvalue weighted by atomic mass is 19.4. The zero-order valence-electron chi connectivity index (χ0n) is 21.8. The maximum absolute atomic E-state index is 13.8. The number of morpholine rings is 1.